The molecule has 4 aliphatic rings. The molecule has 2 bridgehead atoms. The number of hydrogen-bond donors (Lipinski definition) is 2. The lowest BCUT2D eigenvalue weighted by molar-refractivity contribution is -0.131. The van der Waals surface area contributed by atoms with Crippen LogP contribution in [0.3, 0.4) is 0 Å². The number of ether oxygens (including phenoxy) is 1. The Kier molecular flexibility index (Phi) is 5.52. The minimum absolute atomic E-state index is 0.0935. The Labute approximate surface area is 200 Å². The number of anilines is 3. The largest absolute Gasteiger partial charge is 0.377 e. The highest BCUT2D eigenvalue weighted by molar-refractivity contribution is 5.59. The van der Waals surface area contributed by atoms with Gasteiger partial charge in [-0.2, -0.15) is 9.49 Å². The predicted molar refractivity (Wildman–Crippen MR) is 129 cm³/mol. The van der Waals surface area contributed by atoms with Crippen LogP contribution in [0.5, 0.6) is 0 Å². The molecule has 4 heterocycles. The summed E-state index contributed by atoms with van der Waals surface area (Å²) in [4.78, 5) is 13.7. The van der Waals surface area contributed by atoms with E-state index in [0.29, 0.717) is 23.4 Å². The maximum atomic E-state index is 15.7. The fourth-order valence-electron chi connectivity index (χ4n) is 6.38. The van der Waals surface area contributed by atoms with E-state index in [4.69, 9.17) is 4.74 Å². The van der Waals surface area contributed by atoms with Crippen molar-refractivity contribution in [1.29, 1.82) is 0 Å². The number of fused-ring (bicyclic) bond motifs is 2. The average Bonchev–Trinajstić information content (AvgIpc) is 3.56. The van der Waals surface area contributed by atoms with Crippen molar-refractivity contribution in [2.24, 2.45) is 11.8 Å². The number of rotatable bonds is 6. The summed E-state index contributed by atoms with van der Waals surface area (Å²) in [6, 6.07) is 2.04. The first-order valence-electron chi connectivity index (χ1n) is 12.9. The Morgan fingerprint density at radius 3 is 2.56 bits per heavy atom. The zero-order valence-electron chi connectivity index (χ0n) is 20.5. The van der Waals surface area contributed by atoms with Gasteiger partial charge in [0.15, 0.2) is 17.5 Å². The number of aromatic nitrogens is 4. The van der Waals surface area contributed by atoms with Crippen molar-refractivity contribution in [3.05, 3.63) is 23.4 Å². The molecule has 2 aromatic heterocycles. The molecule has 2 saturated heterocycles. The van der Waals surface area contributed by atoms with Gasteiger partial charge in [-0.05, 0) is 38.0 Å². The number of nitrogens with one attached hydrogen (secondary N) is 2. The van der Waals surface area contributed by atoms with Gasteiger partial charge in [-0.1, -0.05) is 20.3 Å². The second-order valence-electron chi connectivity index (χ2n) is 11.3. The highest BCUT2D eigenvalue weighted by Crippen LogP contribution is 2.52. The number of halogens is 1. The van der Waals surface area contributed by atoms with Gasteiger partial charge in [0.05, 0.1) is 18.8 Å². The molecule has 0 radical (unpaired) electrons. The zero-order chi connectivity index (χ0) is 23.4. The van der Waals surface area contributed by atoms with Gasteiger partial charge >= 0.3 is 0 Å². The molecule has 0 aromatic carbocycles. The molecule has 2 aromatic rings. The first kappa shape index (κ1) is 22.2. The molecule has 184 valence electrons. The van der Waals surface area contributed by atoms with Crippen molar-refractivity contribution in [3.8, 4) is 0 Å². The maximum absolute atomic E-state index is 15.7. The Morgan fingerprint density at radius 2 is 1.94 bits per heavy atom. The minimum Gasteiger partial charge on any atom is -0.377 e. The van der Waals surface area contributed by atoms with Gasteiger partial charge in [0.2, 0.25) is 5.82 Å². The summed E-state index contributed by atoms with van der Waals surface area (Å²) in [5.74, 6) is 3.74. The average molecular weight is 470 g/mol. The summed E-state index contributed by atoms with van der Waals surface area (Å²) in [7, 11) is 0. The molecule has 2 N–H and O–H groups in total. The first-order valence-corrected chi connectivity index (χ1v) is 12.9. The number of piperazine rings is 1. The van der Waals surface area contributed by atoms with Gasteiger partial charge in [-0.25, -0.2) is 9.97 Å². The molecule has 9 heteroatoms. The van der Waals surface area contributed by atoms with Crippen LogP contribution in [0.1, 0.15) is 69.8 Å². The number of hydrogen-bond acceptors (Lipinski definition) is 7. The van der Waals surface area contributed by atoms with Crippen LogP contribution in [0.25, 0.3) is 0 Å². The van der Waals surface area contributed by atoms with Gasteiger partial charge < -0.3 is 15.0 Å². The van der Waals surface area contributed by atoms with E-state index in [1.54, 1.807) is 0 Å². The van der Waals surface area contributed by atoms with E-state index in [9.17, 15) is 0 Å². The van der Waals surface area contributed by atoms with Crippen LogP contribution in [0.2, 0.25) is 0 Å². The van der Waals surface area contributed by atoms with Crippen molar-refractivity contribution in [2.75, 3.05) is 49.6 Å². The van der Waals surface area contributed by atoms with Crippen LogP contribution in [0, 0.1) is 17.7 Å². The topological polar surface area (TPSA) is 82.2 Å². The molecule has 6 rings (SSSR count). The molecule has 2 aliphatic carbocycles. The molecular weight excluding hydrogens is 433 g/mol. The third-order valence-electron chi connectivity index (χ3n) is 8.52. The summed E-state index contributed by atoms with van der Waals surface area (Å²) in [6.45, 7) is 11.1. The van der Waals surface area contributed by atoms with E-state index in [2.05, 4.69) is 42.2 Å². The molecule has 0 spiro atoms. The Morgan fingerprint density at radius 1 is 1.15 bits per heavy atom. The SMILES string of the molecule is CC(C)c1nc(Nc2cc(C3CC4CCC3C4)[nH]n2)c(F)c(N2CCN(C3(C)COC3)CC2)n1. The van der Waals surface area contributed by atoms with Gasteiger partial charge in [-0.3, -0.25) is 10.00 Å². The minimum atomic E-state index is -0.402. The monoisotopic (exact) mass is 469 g/mol. The van der Waals surface area contributed by atoms with E-state index < -0.39 is 5.82 Å². The van der Waals surface area contributed by atoms with Crippen molar-refractivity contribution in [3.63, 3.8) is 0 Å². The normalized spacial score (nSPS) is 28.5. The quantitative estimate of drug-likeness (QED) is 0.661. The van der Waals surface area contributed by atoms with Crippen LogP contribution >= 0.6 is 0 Å². The van der Waals surface area contributed by atoms with Crippen LogP contribution < -0.4 is 10.2 Å². The summed E-state index contributed by atoms with van der Waals surface area (Å²) in [6.07, 6.45) is 5.27. The lowest BCUT2D eigenvalue weighted by atomic mass is 9.86. The summed E-state index contributed by atoms with van der Waals surface area (Å²) in [5, 5.41) is 10.8. The number of aromatic amines is 1. The second-order valence-corrected chi connectivity index (χ2v) is 11.3. The fraction of sp³-hybridized carbons (Fsp3) is 0.720. The highest BCUT2D eigenvalue weighted by Gasteiger charge is 2.42. The van der Waals surface area contributed by atoms with Crippen LogP contribution in [-0.2, 0) is 4.74 Å². The molecular formula is C25H36FN7O. The van der Waals surface area contributed by atoms with Crippen LogP contribution in [-0.4, -0.2) is 70.0 Å². The molecule has 3 unspecified atom stereocenters. The number of nitrogens with zero attached hydrogens (tertiary/aromatic N) is 5. The molecule has 4 fully saturated rings. The van der Waals surface area contributed by atoms with E-state index in [1.165, 1.54) is 25.7 Å². The van der Waals surface area contributed by atoms with Gasteiger partial charge in [-0.15, -0.1) is 0 Å². The summed E-state index contributed by atoms with van der Waals surface area (Å²) >= 11 is 0. The third-order valence-corrected chi connectivity index (χ3v) is 8.52. The lowest BCUT2D eigenvalue weighted by Gasteiger charge is -2.50. The van der Waals surface area contributed by atoms with Crippen molar-refractivity contribution in [2.45, 2.75) is 63.8 Å². The Hall–Kier alpha value is -2.26. The smallest absolute Gasteiger partial charge is 0.208 e. The maximum Gasteiger partial charge on any atom is 0.208 e. The highest BCUT2D eigenvalue weighted by atomic mass is 19.1. The third kappa shape index (κ3) is 3.86. The Balaban J connectivity index is 1.21. The van der Waals surface area contributed by atoms with E-state index in [1.807, 2.05) is 19.9 Å². The van der Waals surface area contributed by atoms with Crippen molar-refractivity contribution in [1.82, 2.24) is 25.1 Å². The summed E-state index contributed by atoms with van der Waals surface area (Å²) < 4.78 is 21.2. The zero-order valence-corrected chi connectivity index (χ0v) is 20.5. The van der Waals surface area contributed by atoms with Gasteiger partial charge in [0.25, 0.3) is 0 Å². The Bertz CT molecular complexity index is 1040. The molecule has 3 atom stereocenters. The van der Waals surface area contributed by atoms with Gasteiger partial charge in [0, 0.05) is 49.8 Å². The lowest BCUT2D eigenvalue weighted by Crippen LogP contribution is -2.64. The predicted octanol–water partition coefficient (Wildman–Crippen LogP) is 4.02. The van der Waals surface area contributed by atoms with Gasteiger partial charge in [0.1, 0.15) is 5.82 Å². The van der Waals surface area contributed by atoms with E-state index >= 15 is 4.39 Å². The molecule has 2 saturated carbocycles. The molecule has 34 heavy (non-hydrogen) atoms. The molecule has 0 amide bonds. The summed E-state index contributed by atoms with van der Waals surface area (Å²) in [5.41, 5.74) is 1.28. The molecule has 8 nitrogen and oxygen atoms in total. The van der Waals surface area contributed by atoms with Crippen LogP contribution in [0.4, 0.5) is 21.8 Å². The fourth-order valence-corrected chi connectivity index (χ4v) is 6.38. The first-order chi connectivity index (χ1) is 16.4. The standard InChI is InChI=1S/C25H36FN7O/c1-15(2)22-28-23(27-20-12-19(30-31-20)18-11-16-4-5-17(18)10-16)21(26)24(29-22)32-6-8-33(9-7-32)25(3)13-34-14-25/h12,15-18H,4-11,13-14H2,1-3H3,(H2,27,28,29,30,31). The van der Waals surface area contributed by atoms with E-state index in [0.717, 1.165) is 56.9 Å². The number of H-pyrrole nitrogens is 1. The van der Waals surface area contributed by atoms with Crippen LogP contribution in [0.15, 0.2) is 6.07 Å². The van der Waals surface area contributed by atoms with E-state index in [-0.39, 0.29) is 17.3 Å². The molecule has 2 aliphatic heterocycles. The van der Waals surface area contributed by atoms with Crippen molar-refractivity contribution < 1.29 is 9.13 Å². The second kappa shape index (κ2) is 8.45. The van der Waals surface area contributed by atoms with Crippen molar-refractivity contribution >= 4 is 17.5 Å².